The first-order valence-electron chi connectivity index (χ1n) is 7.99. The van der Waals surface area contributed by atoms with Crippen LogP contribution in [0.5, 0.6) is 11.5 Å². The van der Waals surface area contributed by atoms with E-state index in [4.69, 9.17) is 4.74 Å². The van der Waals surface area contributed by atoms with Crippen LogP contribution in [0.3, 0.4) is 0 Å². The molecule has 2 heterocycles. The summed E-state index contributed by atoms with van der Waals surface area (Å²) in [5.41, 5.74) is 3.21. The summed E-state index contributed by atoms with van der Waals surface area (Å²) in [6, 6.07) is 10.5. The summed E-state index contributed by atoms with van der Waals surface area (Å²) in [7, 11) is 3.17. The van der Waals surface area contributed by atoms with Crippen molar-refractivity contribution in [1.29, 1.82) is 0 Å². The quantitative estimate of drug-likeness (QED) is 0.758. The third kappa shape index (κ3) is 2.32. The third-order valence-corrected chi connectivity index (χ3v) is 4.64. The van der Waals surface area contributed by atoms with Crippen LogP contribution in [0.25, 0.3) is 11.3 Å². The molecule has 1 aliphatic rings. The summed E-state index contributed by atoms with van der Waals surface area (Å²) in [6.07, 6.45) is 0. The second-order valence-electron chi connectivity index (χ2n) is 6.12. The summed E-state index contributed by atoms with van der Waals surface area (Å²) in [6.45, 7) is 0. The fourth-order valence-electron chi connectivity index (χ4n) is 3.35. The van der Waals surface area contributed by atoms with E-state index in [0.29, 0.717) is 22.7 Å². The number of rotatable bonds is 3. The zero-order valence-electron chi connectivity index (χ0n) is 14.2. The second kappa shape index (κ2) is 5.87. The molecule has 2 aromatic carbocycles. The topological polar surface area (TPSA) is 78.5 Å². The number of methoxy groups -OCH3 is 1. The number of aromatic amines is 1. The molecule has 6 nitrogen and oxygen atoms in total. The Hall–Kier alpha value is -3.35. The average molecular weight is 353 g/mol. The van der Waals surface area contributed by atoms with Gasteiger partial charge >= 0.3 is 0 Å². The monoisotopic (exact) mass is 353 g/mol. The lowest BCUT2D eigenvalue weighted by atomic mass is 9.96. The fraction of sp³-hybridized carbons (Fsp3) is 0.158. The van der Waals surface area contributed by atoms with Gasteiger partial charge in [0.05, 0.1) is 18.8 Å². The minimum Gasteiger partial charge on any atom is -0.504 e. The highest BCUT2D eigenvalue weighted by Crippen LogP contribution is 2.43. The van der Waals surface area contributed by atoms with E-state index in [-0.39, 0.29) is 17.5 Å². The van der Waals surface area contributed by atoms with Crippen LogP contribution in [0, 0.1) is 5.82 Å². The van der Waals surface area contributed by atoms with Gasteiger partial charge in [0.2, 0.25) is 0 Å². The largest absolute Gasteiger partial charge is 0.504 e. The van der Waals surface area contributed by atoms with Crippen molar-refractivity contribution in [3.05, 3.63) is 65.1 Å². The molecule has 1 aliphatic heterocycles. The van der Waals surface area contributed by atoms with Crippen molar-refractivity contribution in [2.24, 2.45) is 0 Å². The van der Waals surface area contributed by atoms with Gasteiger partial charge in [0, 0.05) is 18.2 Å². The molecule has 0 radical (unpaired) electrons. The summed E-state index contributed by atoms with van der Waals surface area (Å²) >= 11 is 0. The number of fused-ring (bicyclic) bond motifs is 1. The number of halogens is 1. The van der Waals surface area contributed by atoms with Crippen molar-refractivity contribution in [2.75, 3.05) is 14.2 Å². The fourth-order valence-corrected chi connectivity index (χ4v) is 3.35. The lowest BCUT2D eigenvalue weighted by molar-refractivity contribution is 0.0787. The number of aromatic hydroxyl groups is 1. The molecule has 0 saturated heterocycles. The summed E-state index contributed by atoms with van der Waals surface area (Å²) in [5, 5.41) is 16.9. The van der Waals surface area contributed by atoms with Crippen molar-refractivity contribution in [3.63, 3.8) is 0 Å². The molecule has 0 bridgehead atoms. The van der Waals surface area contributed by atoms with Crippen LogP contribution in [-0.4, -0.2) is 40.3 Å². The predicted octanol–water partition coefficient (Wildman–Crippen LogP) is 3.11. The van der Waals surface area contributed by atoms with E-state index < -0.39 is 6.04 Å². The Labute approximate surface area is 148 Å². The van der Waals surface area contributed by atoms with Gasteiger partial charge in [-0.25, -0.2) is 4.39 Å². The Kier molecular flexibility index (Phi) is 3.64. The molecule has 0 saturated carbocycles. The van der Waals surface area contributed by atoms with Crippen LogP contribution < -0.4 is 4.74 Å². The number of nitrogens with zero attached hydrogens (tertiary/aromatic N) is 2. The highest BCUT2D eigenvalue weighted by Gasteiger charge is 2.40. The number of ether oxygens (including phenoxy) is 1. The molecule has 1 atom stereocenters. The maximum atomic E-state index is 13.3. The number of amides is 1. The number of hydrogen-bond acceptors (Lipinski definition) is 4. The molecule has 1 amide bonds. The molecule has 3 aromatic rings. The van der Waals surface area contributed by atoms with Gasteiger partial charge < -0.3 is 14.7 Å². The van der Waals surface area contributed by atoms with E-state index >= 15 is 0 Å². The number of H-pyrrole nitrogens is 1. The predicted molar refractivity (Wildman–Crippen MR) is 92.6 cm³/mol. The molecule has 0 spiro atoms. The number of benzene rings is 2. The molecule has 0 fully saturated rings. The number of phenolic OH excluding ortho intramolecular Hbond substituents is 1. The van der Waals surface area contributed by atoms with Crippen molar-refractivity contribution in [3.8, 4) is 22.8 Å². The lowest BCUT2D eigenvalue weighted by Gasteiger charge is -2.22. The molecule has 2 N–H and O–H groups in total. The molecule has 7 heteroatoms. The number of aromatic nitrogens is 2. The molecule has 26 heavy (non-hydrogen) atoms. The number of hydrogen-bond donors (Lipinski definition) is 2. The smallest absolute Gasteiger partial charge is 0.272 e. The van der Waals surface area contributed by atoms with Crippen molar-refractivity contribution < 1.29 is 19.0 Å². The van der Waals surface area contributed by atoms with Crippen LogP contribution in [0.1, 0.15) is 27.7 Å². The maximum Gasteiger partial charge on any atom is 0.272 e. The van der Waals surface area contributed by atoms with Gasteiger partial charge in [0.15, 0.2) is 11.5 Å². The van der Waals surface area contributed by atoms with E-state index in [0.717, 1.165) is 11.1 Å². The number of phenols is 1. The van der Waals surface area contributed by atoms with Gasteiger partial charge in [-0.2, -0.15) is 5.10 Å². The van der Waals surface area contributed by atoms with Crippen LogP contribution in [0.15, 0.2) is 42.5 Å². The summed E-state index contributed by atoms with van der Waals surface area (Å²) in [5.74, 6) is -0.176. The number of carbonyl (C=O) groups excluding carboxylic acids is 1. The molecule has 1 aromatic heterocycles. The van der Waals surface area contributed by atoms with Gasteiger partial charge in [-0.15, -0.1) is 0 Å². The highest BCUT2D eigenvalue weighted by molar-refractivity contribution is 6.00. The second-order valence-corrected chi connectivity index (χ2v) is 6.12. The minimum atomic E-state index is -0.397. The first-order valence-corrected chi connectivity index (χ1v) is 7.99. The minimum absolute atomic E-state index is 0.0226. The molecule has 0 unspecified atom stereocenters. The Balaban J connectivity index is 1.88. The lowest BCUT2D eigenvalue weighted by Crippen LogP contribution is -2.24. The molecule has 0 aliphatic carbocycles. The number of nitrogens with one attached hydrogen (secondary N) is 1. The zero-order valence-corrected chi connectivity index (χ0v) is 14.2. The van der Waals surface area contributed by atoms with Gasteiger partial charge in [-0.1, -0.05) is 6.07 Å². The molecular weight excluding hydrogens is 337 g/mol. The van der Waals surface area contributed by atoms with Crippen LogP contribution >= 0.6 is 0 Å². The Morgan fingerprint density at radius 2 is 1.96 bits per heavy atom. The van der Waals surface area contributed by atoms with Crippen molar-refractivity contribution >= 4 is 5.91 Å². The highest BCUT2D eigenvalue weighted by atomic mass is 19.1. The van der Waals surface area contributed by atoms with Crippen LogP contribution in [0.4, 0.5) is 4.39 Å². The van der Waals surface area contributed by atoms with Gasteiger partial charge in [-0.05, 0) is 42.0 Å². The number of carbonyl (C=O) groups is 1. The first kappa shape index (κ1) is 16.1. The van der Waals surface area contributed by atoms with E-state index in [1.54, 1.807) is 36.2 Å². The van der Waals surface area contributed by atoms with E-state index in [2.05, 4.69) is 10.2 Å². The Morgan fingerprint density at radius 1 is 1.23 bits per heavy atom. The van der Waals surface area contributed by atoms with Crippen molar-refractivity contribution in [2.45, 2.75) is 6.04 Å². The average Bonchev–Trinajstić information content (AvgIpc) is 3.17. The SMILES string of the molecule is COc1cc([C@H]2c3c(-c4ccc(F)cc4)n[nH]c3C(=O)N2C)ccc1O. The normalized spacial score (nSPS) is 16.0. The molecular formula is C19H16FN3O3. The molecule has 4 rings (SSSR count). The molecule has 132 valence electrons. The van der Waals surface area contributed by atoms with E-state index in [9.17, 15) is 14.3 Å². The third-order valence-electron chi connectivity index (χ3n) is 4.64. The standard InChI is InChI=1S/C19H16FN3O3/c1-23-18(11-5-8-13(24)14(9-11)26-2)15-16(21-22-17(15)19(23)25)10-3-6-12(20)7-4-10/h3-9,18,24H,1-2H3,(H,21,22)/t18-/m0/s1. The maximum absolute atomic E-state index is 13.3. The van der Waals surface area contributed by atoms with Gasteiger partial charge in [-0.3, -0.25) is 9.89 Å². The zero-order chi connectivity index (χ0) is 18.4. The Morgan fingerprint density at radius 3 is 2.65 bits per heavy atom. The Bertz CT molecular complexity index is 998. The first-order chi connectivity index (χ1) is 12.5. The van der Waals surface area contributed by atoms with Crippen LogP contribution in [-0.2, 0) is 0 Å². The van der Waals surface area contributed by atoms with Crippen LogP contribution in [0.2, 0.25) is 0 Å². The summed E-state index contributed by atoms with van der Waals surface area (Å²) < 4.78 is 18.4. The van der Waals surface area contributed by atoms with E-state index in [1.807, 2.05) is 0 Å². The van der Waals surface area contributed by atoms with E-state index in [1.165, 1.54) is 25.3 Å². The van der Waals surface area contributed by atoms with Gasteiger partial charge in [0.1, 0.15) is 11.5 Å². The van der Waals surface area contributed by atoms with Gasteiger partial charge in [0.25, 0.3) is 5.91 Å². The summed E-state index contributed by atoms with van der Waals surface area (Å²) in [4.78, 5) is 14.2. The van der Waals surface area contributed by atoms with Crippen molar-refractivity contribution in [1.82, 2.24) is 15.1 Å².